The van der Waals surface area contributed by atoms with Crippen LogP contribution in [0.3, 0.4) is 0 Å². The van der Waals surface area contributed by atoms with Gasteiger partial charge in [-0.3, -0.25) is 4.79 Å². The van der Waals surface area contributed by atoms with Gasteiger partial charge in [-0.2, -0.15) is 0 Å². The molecule has 0 radical (unpaired) electrons. The van der Waals surface area contributed by atoms with Crippen molar-refractivity contribution in [2.24, 2.45) is 0 Å². The first kappa shape index (κ1) is 10.6. The maximum Gasteiger partial charge on any atom is 0.220 e. The molecule has 1 aromatic carbocycles. The molecule has 0 aliphatic carbocycles. The highest BCUT2D eigenvalue weighted by molar-refractivity contribution is 5.80. The zero-order valence-electron chi connectivity index (χ0n) is 10.0. The molecule has 0 saturated carbocycles. The van der Waals surface area contributed by atoms with E-state index in [1.807, 2.05) is 6.07 Å². The van der Waals surface area contributed by atoms with Gasteiger partial charge in [0.25, 0.3) is 0 Å². The Balaban J connectivity index is 1.91. The molecule has 2 aliphatic rings. The summed E-state index contributed by atoms with van der Waals surface area (Å²) in [6, 6.07) is 6.67. The lowest BCUT2D eigenvalue weighted by molar-refractivity contribution is -0.119. The van der Waals surface area contributed by atoms with Crippen molar-refractivity contribution in [2.45, 2.75) is 38.1 Å². The number of hydrogen-bond acceptors (Lipinski definition) is 2. The highest BCUT2D eigenvalue weighted by Crippen LogP contribution is 2.34. The SMILES string of the molecule is CCC1NC(=O)CC1c1ccc2c(c1)CCO2. The van der Waals surface area contributed by atoms with Gasteiger partial charge in [0.05, 0.1) is 6.61 Å². The predicted octanol–water partition coefficient (Wildman–Crippen LogP) is 2.00. The Bertz CT molecular complexity index is 456. The van der Waals surface area contributed by atoms with Crippen LogP contribution in [0.2, 0.25) is 0 Å². The summed E-state index contributed by atoms with van der Waals surface area (Å²) in [4.78, 5) is 11.5. The Morgan fingerprint density at radius 1 is 1.47 bits per heavy atom. The second-order valence-electron chi connectivity index (χ2n) is 4.86. The van der Waals surface area contributed by atoms with Gasteiger partial charge >= 0.3 is 0 Å². The van der Waals surface area contributed by atoms with Gasteiger partial charge < -0.3 is 10.1 Å². The third-order valence-electron chi connectivity index (χ3n) is 3.82. The fourth-order valence-corrected chi connectivity index (χ4v) is 2.88. The summed E-state index contributed by atoms with van der Waals surface area (Å²) in [5.41, 5.74) is 2.57. The largest absolute Gasteiger partial charge is 0.493 e. The number of fused-ring (bicyclic) bond motifs is 1. The first-order valence-corrected chi connectivity index (χ1v) is 6.33. The summed E-state index contributed by atoms with van der Waals surface area (Å²) >= 11 is 0. The van der Waals surface area contributed by atoms with E-state index in [4.69, 9.17) is 4.74 Å². The molecule has 1 N–H and O–H groups in total. The van der Waals surface area contributed by atoms with E-state index < -0.39 is 0 Å². The Kier molecular flexibility index (Phi) is 2.54. The second-order valence-corrected chi connectivity index (χ2v) is 4.86. The molecule has 1 amide bonds. The van der Waals surface area contributed by atoms with Crippen LogP contribution in [-0.4, -0.2) is 18.6 Å². The Morgan fingerprint density at radius 3 is 3.18 bits per heavy atom. The summed E-state index contributed by atoms with van der Waals surface area (Å²) in [7, 11) is 0. The van der Waals surface area contributed by atoms with Crippen molar-refractivity contribution in [1.82, 2.24) is 5.32 Å². The molecule has 0 bridgehead atoms. The zero-order valence-corrected chi connectivity index (χ0v) is 10.0. The van der Waals surface area contributed by atoms with Crippen molar-refractivity contribution in [2.75, 3.05) is 6.61 Å². The number of amides is 1. The van der Waals surface area contributed by atoms with Crippen molar-refractivity contribution in [3.8, 4) is 5.75 Å². The lowest BCUT2D eigenvalue weighted by Crippen LogP contribution is -2.27. The van der Waals surface area contributed by atoms with Crippen LogP contribution in [0.4, 0.5) is 0 Å². The minimum Gasteiger partial charge on any atom is -0.493 e. The number of ether oxygens (including phenoxy) is 1. The number of carbonyl (C=O) groups excluding carboxylic acids is 1. The number of benzene rings is 1. The molecule has 1 aromatic rings. The maximum absolute atomic E-state index is 11.5. The predicted molar refractivity (Wildman–Crippen MR) is 65.2 cm³/mol. The van der Waals surface area contributed by atoms with E-state index in [-0.39, 0.29) is 5.91 Å². The van der Waals surface area contributed by atoms with E-state index in [1.54, 1.807) is 0 Å². The van der Waals surface area contributed by atoms with E-state index in [1.165, 1.54) is 11.1 Å². The molecule has 2 aliphatic heterocycles. The lowest BCUT2D eigenvalue weighted by Gasteiger charge is -2.17. The fourth-order valence-electron chi connectivity index (χ4n) is 2.88. The molecular weight excluding hydrogens is 214 g/mol. The molecule has 0 spiro atoms. The van der Waals surface area contributed by atoms with Crippen LogP contribution in [0.1, 0.15) is 36.8 Å². The summed E-state index contributed by atoms with van der Waals surface area (Å²) in [6.45, 7) is 2.91. The van der Waals surface area contributed by atoms with Crippen molar-refractivity contribution < 1.29 is 9.53 Å². The van der Waals surface area contributed by atoms with Gasteiger partial charge in [0.1, 0.15) is 5.75 Å². The smallest absolute Gasteiger partial charge is 0.220 e. The van der Waals surface area contributed by atoms with Crippen LogP contribution in [0, 0.1) is 0 Å². The summed E-state index contributed by atoms with van der Waals surface area (Å²) in [6.07, 6.45) is 2.61. The molecular formula is C14H17NO2. The molecule has 3 nitrogen and oxygen atoms in total. The van der Waals surface area contributed by atoms with E-state index in [0.29, 0.717) is 18.4 Å². The van der Waals surface area contributed by atoms with Crippen LogP contribution in [-0.2, 0) is 11.2 Å². The van der Waals surface area contributed by atoms with Gasteiger partial charge in [0.2, 0.25) is 5.91 Å². The van der Waals surface area contributed by atoms with E-state index >= 15 is 0 Å². The minimum absolute atomic E-state index is 0.179. The van der Waals surface area contributed by atoms with Crippen molar-refractivity contribution in [3.05, 3.63) is 29.3 Å². The number of nitrogens with one attached hydrogen (secondary N) is 1. The topological polar surface area (TPSA) is 38.3 Å². The van der Waals surface area contributed by atoms with Crippen molar-refractivity contribution in [3.63, 3.8) is 0 Å². The standard InChI is InChI=1S/C14H17NO2/c1-2-12-11(8-14(16)15-12)9-3-4-13-10(7-9)5-6-17-13/h3-4,7,11-12H,2,5-6,8H2,1H3,(H,15,16). The molecule has 3 rings (SSSR count). The quantitative estimate of drug-likeness (QED) is 0.845. The Labute approximate surface area is 101 Å². The van der Waals surface area contributed by atoms with Crippen molar-refractivity contribution >= 4 is 5.91 Å². The molecule has 90 valence electrons. The maximum atomic E-state index is 11.5. The molecule has 1 fully saturated rings. The first-order valence-electron chi connectivity index (χ1n) is 6.33. The van der Waals surface area contributed by atoms with Gasteiger partial charge in [0.15, 0.2) is 0 Å². The summed E-state index contributed by atoms with van der Waals surface area (Å²) < 4.78 is 5.51. The molecule has 2 unspecified atom stereocenters. The number of rotatable bonds is 2. The highest BCUT2D eigenvalue weighted by atomic mass is 16.5. The zero-order chi connectivity index (χ0) is 11.8. The first-order chi connectivity index (χ1) is 8.28. The molecule has 3 heteroatoms. The summed E-state index contributed by atoms with van der Waals surface area (Å²) in [5, 5.41) is 3.05. The number of hydrogen-bond donors (Lipinski definition) is 1. The fraction of sp³-hybridized carbons (Fsp3) is 0.500. The van der Waals surface area contributed by atoms with Crippen LogP contribution in [0.25, 0.3) is 0 Å². The van der Waals surface area contributed by atoms with Crippen LogP contribution >= 0.6 is 0 Å². The lowest BCUT2D eigenvalue weighted by atomic mass is 9.89. The Morgan fingerprint density at radius 2 is 2.35 bits per heavy atom. The minimum atomic E-state index is 0.179. The van der Waals surface area contributed by atoms with E-state index in [2.05, 4.69) is 24.4 Å². The number of carbonyl (C=O) groups is 1. The van der Waals surface area contributed by atoms with Crippen molar-refractivity contribution in [1.29, 1.82) is 0 Å². The van der Waals surface area contributed by atoms with E-state index in [0.717, 1.165) is 25.2 Å². The summed E-state index contributed by atoms with van der Waals surface area (Å²) in [5.74, 6) is 1.52. The second kappa shape index (κ2) is 4.06. The van der Waals surface area contributed by atoms with Gasteiger partial charge in [-0.25, -0.2) is 0 Å². The average Bonchev–Trinajstić information content (AvgIpc) is 2.93. The molecule has 17 heavy (non-hydrogen) atoms. The van der Waals surface area contributed by atoms with Gasteiger partial charge in [-0.1, -0.05) is 19.1 Å². The average molecular weight is 231 g/mol. The third-order valence-corrected chi connectivity index (χ3v) is 3.82. The normalized spacial score (nSPS) is 26.5. The molecule has 0 aromatic heterocycles. The monoisotopic (exact) mass is 231 g/mol. The van der Waals surface area contributed by atoms with Gasteiger partial charge in [0, 0.05) is 24.8 Å². The molecule has 2 heterocycles. The van der Waals surface area contributed by atoms with Gasteiger partial charge in [-0.15, -0.1) is 0 Å². The highest BCUT2D eigenvalue weighted by Gasteiger charge is 2.32. The van der Waals surface area contributed by atoms with Crippen LogP contribution in [0.5, 0.6) is 5.75 Å². The van der Waals surface area contributed by atoms with E-state index in [9.17, 15) is 4.79 Å². The third kappa shape index (κ3) is 1.79. The molecule has 2 atom stereocenters. The van der Waals surface area contributed by atoms with Crippen LogP contribution < -0.4 is 10.1 Å². The Hall–Kier alpha value is -1.51. The molecule has 1 saturated heterocycles. The van der Waals surface area contributed by atoms with Gasteiger partial charge in [-0.05, 0) is 23.6 Å². The van der Waals surface area contributed by atoms with Crippen LogP contribution in [0.15, 0.2) is 18.2 Å².